The molecule has 0 fully saturated rings. The van der Waals surface area contributed by atoms with Gasteiger partial charge in [0, 0.05) is 0 Å². The molecule has 0 heterocycles. The lowest BCUT2D eigenvalue weighted by Gasteiger charge is -2.06. The zero-order chi connectivity index (χ0) is 13.5. The van der Waals surface area contributed by atoms with Crippen LogP contribution in [0.4, 0.5) is 0 Å². The Morgan fingerprint density at radius 2 is 1.53 bits per heavy atom. The Bertz CT molecular complexity index is 547. The van der Waals surface area contributed by atoms with E-state index in [0.717, 1.165) is 11.1 Å². The molecule has 0 amide bonds. The second kappa shape index (κ2) is 6.52. The Morgan fingerprint density at radius 1 is 0.947 bits per heavy atom. The fraction of sp³-hybridized carbons (Fsp3) is 0.0625. The summed E-state index contributed by atoms with van der Waals surface area (Å²) >= 11 is 0. The SMILES string of the molecule is C=C(C(=O)OOCc1ccccc1)c1ccccc1. The molecule has 0 aliphatic rings. The third kappa shape index (κ3) is 3.79. The van der Waals surface area contributed by atoms with Crippen LogP contribution in [-0.2, 0) is 21.2 Å². The summed E-state index contributed by atoms with van der Waals surface area (Å²) in [5.41, 5.74) is 1.92. The number of hydrogen-bond donors (Lipinski definition) is 0. The van der Waals surface area contributed by atoms with Crippen molar-refractivity contribution in [3.63, 3.8) is 0 Å². The van der Waals surface area contributed by atoms with E-state index in [-0.39, 0.29) is 12.2 Å². The summed E-state index contributed by atoms with van der Waals surface area (Å²) in [5, 5.41) is 0. The van der Waals surface area contributed by atoms with Crippen molar-refractivity contribution in [2.75, 3.05) is 0 Å². The van der Waals surface area contributed by atoms with E-state index in [1.54, 1.807) is 12.1 Å². The second-order valence-corrected chi connectivity index (χ2v) is 3.96. The summed E-state index contributed by atoms with van der Waals surface area (Å²) in [6.45, 7) is 3.91. The van der Waals surface area contributed by atoms with Crippen molar-refractivity contribution in [3.8, 4) is 0 Å². The Hall–Kier alpha value is -2.39. The van der Waals surface area contributed by atoms with Crippen molar-refractivity contribution in [1.82, 2.24) is 0 Å². The topological polar surface area (TPSA) is 35.5 Å². The molecule has 0 spiro atoms. The van der Waals surface area contributed by atoms with E-state index in [0.29, 0.717) is 0 Å². The molecule has 19 heavy (non-hydrogen) atoms. The molecule has 0 aromatic heterocycles. The molecular weight excluding hydrogens is 240 g/mol. The first-order valence-corrected chi connectivity index (χ1v) is 5.89. The molecule has 0 bridgehead atoms. The van der Waals surface area contributed by atoms with Crippen LogP contribution in [0.1, 0.15) is 11.1 Å². The highest BCUT2D eigenvalue weighted by molar-refractivity contribution is 6.15. The molecule has 0 aliphatic carbocycles. The molecule has 2 aromatic rings. The van der Waals surface area contributed by atoms with E-state index in [2.05, 4.69) is 6.58 Å². The molecule has 2 aromatic carbocycles. The average Bonchev–Trinajstić information content (AvgIpc) is 2.48. The highest BCUT2D eigenvalue weighted by Crippen LogP contribution is 2.13. The summed E-state index contributed by atoms with van der Waals surface area (Å²) in [6.07, 6.45) is 0. The van der Waals surface area contributed by atoms with Crippen LogP contribution >= 0.6 is 0 Å². The third-order valence-electron chi connectivity index (χ3n) is 2.57. The van der Waals surface area contributed by atoms with Gasteiger partial charge in [-0.2, -0.15) is 4.89 Å². The molecule has 0 aliphatic heterocycles. The maximum atomic E-state index is 11.7. The highest BCUT2D eigenvalue weighted by Gasteiger charge is 2.11. The smallest absolute Gasteiger partial charge is 0.292 e. The fourth-order valence-electron chi connectivity index (χ4n) is 1.53. The largest absolute Gasteiger partial charge is 0.373 e. The predicted octanol–water partition coefficient (Wildman–Crippen LogP) is 3.37. The second-order valence-electron chi connectivity index (χ2n) is 3.96. The minimum Gasteiger partial charge on any atom is -0.292 e. The van der Waals surface area contributed by atoms with Crippen LogP contribution in [0.25, 0.3) is 5.57 Å². The normalized spacial score (nSPS) is 9.89. The molecule has 0 N–H and O–H groups in total. The first kappa shape index (κ1) is 13.1. The van der Waals surface area contributed by atoms with Crippen molar-refractivity contribution in [2.45, 2.75) is 6.61 Å². The van der Waals surface area contributed by atoms with Crippen molar-refractivity contribution in [3.05, 3.63) is 78.4 Å². The Balaban J connectivity index is 1.84. The quantitative estimate of drug-likeness (QED) is 0.466. The number of rotatable bonds is 5. The van der Waals surface area contributed by atoms with Crippen molar-refractivity contribution in [1.29, 1.82) is 0 Å². The van der Waals surface area contributed by atoms with Gasteiger partial charge in [-0.3, -0.25) is 4.89 Å². The van der Waals surface area contributed by atoms with Crippen molar-refractivity contribution in [2.24, 2.45) is 0 Å². The minimum atomic E-state index is -0.581. The summed E-state index contributed by atoms with van der Waals surface area (Å²) < 4.78 is 0. The number of carbonyl (C=O) groups excluding carboxylic acids is 1. The molecule has 0 saturated heterocycles. The number of benzene rings is 2. The lowest BCUT2D eigenvalue weighted by atomic mass is 10.1. The van der Waals surface area contributed by atoms with Gasteiger partial charge in [0.2, 0.25) is 0 Å². The van der Waals surface area contributed by atoms with Crippen molar-refractivity contribution < 1.29 is 14.6 Å². The molecular formula is C16H14O3. The van der Waals surface area contributed by atoms with Crippen LogP contribution in [0, 0.1) is 0 Å². The van der Waals surface area contributed by atoms with Crippen LogP contribution in [0.15, 0.2) is 67.2 Å². The molecule has 0 unspecified atom stereocenters. The lowest BCUT2D eigenvalue weighted by molar-refractivity contribution is -0.274. The van der Waals surface area contributed by atoms with Crippen molar-refractivity contribution >= 4 is 11.5 Å². The molecule has 3 nitrogen and oxygen atoms in total. The van der Waals surface area contributed by atoms with Crippen LogP contribution < -0.4 is 0 Å². The van der Waals surface area contributed by atoms with Gasteiger partial charge in [0.15, 0.2) is 0 Å². The zero-order valence-electron chi connectivity index (χ0n) is 10.4. The Morgan fingerprint density at radius 3 is 2.16 bits per heavy atom. The average molecular weight is 254 g/mol. The van der Waals surface area contributed by atoms with Crippen LogP contribution in [-0.4, -0.2) is 5.97 Å². The molecule has 3 heteroatoms. The van der Waals surface area contributed by atoms with E-state index in [1.165, 1.54) is 0 Å². The number of hydrogen-bond acceptors (Lipinski definition) is 3. The van der Waals surface area contributed by atoms with Gasteiger partial charge in [-0.25, -0.2) is 4.79 Å². The van der Waals surface area contributed by atoms with Gasteiger partial charge in [-0.05, 0) is 11.1 Å². The third-order valence-corrected chi connectivity index (χ3v) is 2.57. The number of carbonyl (C=O) groups is 1. The minimum absolute atomic E-state index is 0.217. The Labute approximate surface area is 112 Å². The van der Waals surface area contributed by atoms with Crippen LogP contribution in [0.5, 0.6) is 0 Å². The van der Waals surface area contributed by atoms with Crippen LogP contribution in [0.3, 0.4) is 0 Å². The Kier molecular flexibility index (Phi) is 4.48. The molecule has 96 valence electrons. The van der Waals surface area contributed by atoms with Gasteiger partial charge >= 0.3 is 5.97 Å². The van der Waals surface area contributed by atoms with E-state index >= 15 is 0 Å². The first-order valence-electron chi connectivity index (χ1n) is 5.89. The van der Waals surface area contributed by atoms with E-state index in [1.807, 2.05) is 48.5 Å². The monoisotopic (exact) mass is 254 g/mol. The van der Waals surface area contributed by atoms with Gasteiger partial charge in [-0.15, -0.1) is 0 Å². The standard InChI is InChI=1S/C16H14O3/c1-13(15-10-6-3-7-11-15)16(17)19-18-12-14-8-4-2-5-9-14/h2-11H,1,12H2. The molecule has 2 rings (SSSR count). The predicted molar refractivity (Wildman–Crippen MR) is 72.8 cm³/mol. The highest BCUT2D eigenvalue weighted by atomic mass is 17.2. The van der Waals surface area contributed by atoms with E-state index in [4.69, 9.17) is 9.78 Å². The van der Waals surface area contributed by atoms with Crippen LogP contribution in [0.2, 0.25) is 0 Å². The fourth-order valence-corrected chi connectivity index (χ4v) is 1.53. The summed E-state index contributed by atoms with van der Waals surface area (Å²) in [6, 6.07) is 18.6. The maximum absolute atomic E-state index is 11.7. The molecule has 0 radical (unpaired) electrons. The van der Waals surface area contributed by atoms with Gasteiger partial charge in [0.05, 0.1) is 5.57 Å². The van der Waals surface area contributed by atoms with E-state index in [9.17, 15) is 4.79 Å². The maximum Gasteiger partial charge on any atom is 0.373 e. The van der Waals surface area contributed by atoms with Gasteiger partial charge < -0.3 is 0 Å². The molecule has 0 saturated carbocycles. The lowest BCUT2D eigenvalue weighted by Crippen LogP contribution is -2.07. The van der Waals surface area contributed by atoms with E-state index < -0.39 is 5.97 Å². The summed E-state index contributed by atoms with van der Waals surface area (Å²) in [4.78, 5) is 21.3. The van der Waals surface area contributed by atoms with Gasteiger partial charge in [-0.1, -0.05) is 67.2 Å². The first-order chi connectivity index (χ1) is 9.27. The van der Waals surface area contributed by atoms with Gasteiger partial charge in [0.1, 0.15) is 6.61 Å². The van der Waals surface area contributed by atoms with Gasteiger partial charge in [0.25, 0.3) is 0 Å². The summed E-state index contributed by atoms with van der Waals surface area (Å²) in [7, 11) is 0. The zero-order valence-corrected chi connectivity index (χ0v) is 10.4. The summed E-state index contributed by atoms with van der Waals surface area (Å²) in [5.74, 6) is -0.581. The molecule has 0 atom stereocenters.